The van der Waals surface area contributed by atoms with Crippen molar-refractivity contribution < 1.29 is 13.2 Å². The lowest BCUT2D eigenvalue weighted by Gasteiger charge is -2.29. The normalized spacial score (nSPS) is 15.5. The van der Waals surface area contributed by atoms with E-state index < -0.39 is 21.4 Å². The molecular formula is C25H28ClN3O4S. The molecule has 0 unspecified atom stereocenters. The lowest BCUT2D eigenvalue weighted by Crippen LogP contribution is -2.38. The van der Waals surface area contributed by atoms with Crippen LogP contribution in [0.25, 0.3) is 10.9 Å². The highest BCUT2D eigenvalue weighted by Gasteiger charge is 2.29. The predicted molar refractivity (Wildman–Crippen MR) is 134 cm³/mol. The maximum Gasteiger partial charge on any atom is 0.257 e. The zero-order chi connectivity index (χ0) is 24.5. The first-order valence-electron chi connectivity index (χ1n) is 11.4. The van der Waals surface area contributed by atoms with E-state index >= 15 is 0 Å². The number of pyridine rings is 1. The van der Waals surface area contributed by atoms with Crippen molar-refractivity contribution in [2.24, 2.45) is 5.92 Å². The summed E-state index contributed by atoms with van der Waals surface area (Å²) in [4.78, 5) is 26.3. The van der Waals surface area contributed by atoms with Gasteiger partial charge in [0.2, 0.25) is 15.5 Å². The SMILES string of the molecule is CCn1cc(C(=O)NCc2ccccc2Cl)c(=O)c2cc(S(=O)(=O)N3CCC(C)CC3)ccc21. The number of fused-ring (bicyclic) bond motifs is 1. The Morgan fingerprint density at radius 2 is 1.85 bits per heavy atom. The minimum absolute atomic E-state index is 0.0391. The lowest BCUT2D eigenvalue weighted by atomic mass is 10.0. The summed E-state index contributed by atoms with van der Waals surface area (Å²) >= 11 is 6.16. The molecule has 1 fully saturated rings. The first kappa shape index (κ1) is 24.4. The second-order valence-electron chi connectivity index (χ2n) is 8.70. The molecule has 4 rings (SSSR count). The van der Waals surface area contributed by atoms with Gasteiger partial charge in [-0.1, -0.05) is 36.7 Å². The van der Waals surface area contributed by atoms with E-state index in [-0.39, 0.29) is 22.4 Å². The Morgan fingerprint density at radius 1 is 1.15 bits per heavy atom. The molecule has 1 saturated heterocycles. The summed E-state index contributed by atoms with van der Waals surface area (Å²) < 4.78 is 29.7. The number of nitrogens with one attached hydrogen (secondary N) is 1. The summed E-state index contributed by atoms with van der Waals surface area (Å²) in [6, 6.07) is 11.7. The van der Waals surface area contributed by atoms with Crippen LogP contribution in [-0.4, -0.2) is 36.3 Å². The number of rotatable bonds is 6. The highest BCUT2D eigenvalue weighted by atomic mass is 35.5. The number of carbonyl (C=O) groups excluding carboxylic acids is 1. The Labute approximate surface area is 204 Å². The zero-order valence-electron chi connectivity index (χ0n) is 19.3. The van der Waals surface area contributed by atoms with Crippen LogP contribution in [0, 0.1) is 5.92 Å². The van der Waals surface area contributed by atoms with Gasteiger partial charge < -0.3 is 9.88 Å². The molecule has 1 aromatic heterocycles. The van der Waals surface area contributed by atoms with Crippen molar-refractivity contribution >= 4 is 38.4 Å². The third-order valence-electron chi connectivity index (χ3n) is 6.41. The first-order valence-corrected chi connectivity index (χ1v) is 13.2. The van der Waals surface area contributed by atoms with Gasteiger partial charge in [0.05, 0.1) is 10.4 Å². The lowest BCUT2D eigenvalue weighted by molar-refractivity contribution is 0.0949. The third kappa shape index (κ3) is 4.76. The Hall–Kier alpha value is -2.68. The molecule has 1 amide bonds. The van der Waals surface area contributed by atoms with Crippen LogP contribution in [0.15, 0.2) is 58.4 Å². The summed E-state index contributed by atoms with van der Waals surface area (Å²) in [5, 5.41) is 3.48. The van der Waals surface area contributed by atoms with Crippen LogP contribution in [-0.2, 0) is 23.1 Å². The van der Waals surface area contributed by atoms with E-state index in [9.17, 15) is 18.0 Å². The van der Waals surface area contributed by atoms with E-state index in [4.69, 9.17) is 11.6 Å². The van der Waals surface area contributed by atoms with E-state index in [2.05, 4.69) is 12.2 Å². The van der Waals surface area contributed by atoms with Crippen LogP contribution in [0.1, 0.15) is 42.6 Å². The Balaban J connectivity index is 1.70. The molecule has 0 spiro atoms. The van der Waals surface area contributed by atoms with E-state index in [0.717, 1.165) is 18.4 Å². The van der Waals surface area contributed by atoms with Gasteiger partial charge in [0, 0.05) is 42.8 Å². The number of carbonyl (C=O) groups is 1. The van der Waals surface area contributed by atoms with Crippen LogP contribution in [0.3, 0.4) is 0 Å². The van der Waals surface area contributed by atoms with Crippen LogP contribution < -0.4 is 10.7 Å². The van der Waals surface area contributed by atoms with Crippen molar-refractivity contribution in [1.29, 1.82) is 0 Å². The van der Waals surface area contributed by atoms with Gasteiger partial charge in [0.25, 0.3) is 5.91 Å². The monoisotopic (exact) mass is 501 g/mol. The fraction of sp³-hybridized carbons (Fsp3) is 0.360. The number of amides is 1. The van der Waals surface area contributed by atoms with Crippen LogP contribution in [0.4, 0.5) is 0 Å². The molecule has 1 aliphatic rings. The second kappa shape index (κ2) is 9.90. The summed E-state index contributed by atoms with van der Waals surface area (Å²) in [5.74, 6) is -0.0426. The largest absolute Gasteiger partial charge is 0.348 e. The van der Waals surface area contributed by atoms with Crippen LogP contribution >= 0.6 is 11.6 Å². The fourth-order valence-electron chi connectivity index (χ4n) is 4.25. The average molecular weight is 502 g/mol. The molecule has 34 heavy (non-hydrogen) atoms. The minimum Gasteiger partial charge on any atom is -0.348 e. The number of sulfonamides is 1. The number of halogens is 1. The third-order valence-corrected chi connectivity index (χ3v) is 8.68. The Kier molecular flexibility index (Phi) is 7.12. The molecule has 9 heteroatoms. The maximum absolute atomic E-state index is 13.3. The van der Waals surface area contributed by atoms with E-state index in [1.165, 1.54) is 16.6 Å². The van der Waals surface area contributed by atoms with Crippen molar-refractivity contribution in [3.63, 3.8) is 0 Å². The topological polar surface area (TPSA) is 88.5 Å². The number of piperidine rings is 1. The standard InChI is InChI=1S/C25H28ClN3O4S/c1-3-28-16-21(25(31)27-15-18-6-4-5-7-22(18)26)24(30)20-14-19(8-9-23(20)28)34(32,33)29-12-10-17(2)11-13-29/h4-9,14,16-17H,3,10-13,15H2,1-2H3,(H,27,31). The van der Waals surface area contributed by atoms with Gasteiger partial charge in [-0.25, -0.2) is 8.42 Å². The summed E-state index contributed by atoms with van der Waals surface area (Å²) in [5.41, 5.74) is 0.781. The summed E-state index contributed by atoms with van der Waals surface area (Å²) in [7, 11) is -3.73. The molecular weight excluding hydrogens is 474 g/mol. The quantitative estimate of drug-likeness (QED) is 0.552. The summed E-state index contributed by atoms with van der Waals surface area (Å²) in [6.07, 6.45) is 3.14. The number of hydrogen-bond acceptors (Lipinski definition) is 4. The molecule has 0 atom stereocenters. The number of aromatic nitrogens is 1. The number of benzene rings is 2. The van der Waals surface area contributed by atoms with Gasteiger partial charge in [-0.05, 0) is 55.5 Å². The summed E-state index contributed by atoms with van der Waals surface area (Å²) in [6.45, 7) is 5.62. The highest BCUT2D eigenvalue weighted by Crippen LogP contribution is 2.25. The molecule has 0 saturated carbocycles. The van der Waals surface area contributed by atoms with Gasteiger partial charge in [-0.3, -0.25) is 9.59 Å². The van der Waals surface area contributed by atoms with E-state index in [1.54, 1.807) is 34.9 Å². The minimum atomic E-state index is -3.73. The molecule has 0 bridgehead atoms. The molecule has 2 aromatic carbocycles. The van der Waals surface area contributed by atoms with Gasteiger partial charge in [0.1, 0.15) is 5.56 Å². The van der Waals surface area contributed by atoms with Crippen molar-refractivity contribution in [3.8, 4) is 0 Å². The first-order chi connectivity index (χ1) is 16.2. The number of hydrogen-bond donors (Lipinski definition) is 1. The maximum atomic E-state index is 13.3. The molecule has 2 heterocycles. The van der Waals surface area contributed by atoms with Crippen molar-refractivity contribution in [2.45, 2.75) is 44.7 Å². The van der Waals surface area contributed by atoms with E-state index in [1.807, 2.05) is 13.0 Å². The zero-order valence-corrected chi connectivity index (χ0v) is 20.8. The molecule has 3 aromatic rings. The number of aryl methyl sites for hydroxylation is 1. The van der Waals surface area contributed by atoms with E-state index in [0.29, 0.717) is 36.1 Å². The smallest absolute Gasteiger partial charge is 0.257 e. The van der Waals surface area contributed by atoms with Crippen LogP contribution in [0.2, 0.25) is 5.02 Å². The average Bonchev–Trinajstić information content (AvgIpc) is 2.83. The highest BCUT2D eigenvalue weighted by molar-refractivity contribution is 7.89. The molecule has 180 valence electrons. The molecule has 1 aliphatic heterocycles. The van der Waals surface area contributed by atoms with Crippen LogP contribution in [0.5, 0.6) is 0 Å². The molecule has 0 aliphatic carbocycles. The Bertz CT molecular complexity index is 1390. The molecule has 7 nitrogen and oxygen atoms in total. The van der Waals surface area contributed by atoms with Crippen molar-refractivity contribution in [1.82, 2.24) is 14.2 Å². The fourth-order valence-corrected chi connectivity index (χ4v) is 5.95. The second-order valence-corrected chi connectivity index (χ2v) is 11.0. The number of nitrogens with zero attached hydrogens (tertiary/aromatic N) is 2. The molecule has 0 radical (unpaired) electrons. The molecule has 1 N–H and O–H groups in total. The van der Waals surface area contributed by atoms with Gasteiger partial charge in [0.15, 0.2) is 0 Å². The Morgan fingerprint density at radius 3 is 2.53 bits per heavy atom. The van der Waals surface area contributed by atoms with Crippen molar-refractivity contribution in [2.75, 3.05) is 13.1 Å². The van der Waals surface area contributed by atoms with Crippen molar-refractivity contribution in [3.05, 3.63) is 75.0 Å². The predicted octanol–water partition coefficient (Wildman–Crippen LogP) is 4.03. The van der Waals surface area contributed by atoms with Gasteiger partial charge in [-0.2, -0.15) is 4.31 Å². The van der Waals surface area contributed by atoms with Gasteiger partial charge in [-0.15, -0.1) is 0 Å². The van der Waals surface area contributed by atoms with Gasteiger partial charge >= 0.3 is 0 Å².